The number of hydrogen-bond acceptors (Lipinski definition) is 4. The molecule has 0 spiro atoms. The van der Waals surface area contributed by atoms with Crippen LogP contribution in [0, 0.1) is 5.41 Å². The van der Waals surface area contributed by atoms with Gasteiger partial charge in [-0.15, -0.1) is 5.10 Å². The molecule has 1 aliphatic carbocycles. The number of carbonyl (C=O) groups excluding carboxylic acids is 1. The lowest BCUT2D eigenvalue weighted by molar-refractivity contribution is -0.122. The van der Waals surface area contributed by atoms with E-state index in [-0.39, 0.29) is 18.1 Å². The number of rotatable bonds is 7. The Hall–Kier alpha value is -1.92. The van der Waals surface area contributed by atoms with Crippen LogP contribution in [-0.4, -0.2) is 38.5 Å². The monoisotopic (exact) mass is 266 g/mol. The van der Waals surface area contributed by atoms with Crippen LogP contribution in [0.25, 0.3) is 0 Å². The van der Waals surface area contributed by atoms with E-state index in [1.54, 1.807) is 0 Å². The van der Waals surface area contributed by atoms with Crippen molar-refractivity contribution in [2.45, 2.75) is 39.2 Å². The second kappa shape index (κ2) is 5.38. The molecule has 1 saturated carbocycles. The van der Waals surface area contributed by atoms with Crippen molar-refractivity contribution in [3.8, 4) is 0 Å². The number of carboxylic acid groups (broad SMARTS) is 1. The first-order valence-corrected chi connectivity index (χ1v) is 6.45. The molecule has 0 aliphatic heterocycles. The van der Waals surface area contributed by atoms with Crippen molar-refractivity contribution in [2.24, 2.45) is 5.41 Å². The molecule has 0 unspecified atom stereocenters. The van der Waals surface area contributed by atoms with Crippen molar-refractivity contribution in [1.29, 1.82) is 0 Å². The van der Waals surface area contributed by atoms with Crippen LogP contribution in [0.5, 0.6) is 0 Å². The second-order valence-electron chi connectivity index (χ2n) is 5.13. The molecule has 1 fully saturated rings. The highest BCUT2D eigenvalue weighted by Crippen LogP contribution is 2.48. The van der Waals surface area contributed by atoms with E-state index in [4.69, 9.17) is 5.11 Å². The molecule has 1 aromatic rings. The van der Waals surface area contributed by atoms with E-state index in [1.165, 1.54) is 23.7 Å². The summed E-state index contributed by atoms with van der Waals surface area (Å²) in [5.41, 5.74) is 0.149. The minimum absolute atomic E-state index is 0.00247. The quantitative estimate of drug-likeness (QED) is 0.756. The number of nitrogens with one attached hydrogen (secondary N) is 1. The van der Waals surface area contributed by atoms with Crippen LogP contribution >= 0.6 is 0 Å². The number of carboxylic acids is 1. The maximum Gasteiger partial charge on any atom is 0.358 e. The molecule has 1 amide bonds. The molecule has 0 radical (unpaired) electrons. The molecule has 19 heavy (non-hydrogen) atoms. The average Bonchev–Trinajstić information content (AvgIpc) is 2.96. The minimum Gasteiger partial charge on any atom is -0.476 e. The van der Waals surface area contributed by atoms with Crippen molar-refractivity contribution < 1.29 is 14.7 Å². The first-order valence-electron chi connectivity index (χ1n) is 6.45. The normalized spacial score (nSPS) is 16.1. The van der Waals surface area contributed by atoms with Crippen LogP contribution in [0.1, 0.15) is 43.1 Å². The lowest BCUT2D eigenvalue weighted by atomic mass is 10.0. The third-order valence-corrected chi connectivity index (χ3v) is 3.46. The number of carbonyl (C=O) groups is 2. The summed E-state index contributed by atoms with van der Waals surface area (Å²) >= 11 is 0. The van der Waals surface area contributed by atoms with Gasteiger partial charge in [0.05, 0.1) is 6.20 Å². The third-order valence-electron chi connectivity index (χ3n) is 3.46. The Morgan fingerprint density at radius 1 is 1.53 bits per heavy atom. The molecular weight excluding hydrogens is 248 g/mol. The molecule has 7 heteroatoms. The molecule has 104 valence electrons. The Balaban J connectivity index is 1.79. The summed E-state index contributed by atoms with van der Waals surface area (Å²) in [6.45, 7) is 2.84. The maximum atomic E-state index is 11.7. The smallest absolute Gasteiger partial charge is 0.358 e. The minimum atomic E-state index is -1.15. The largest absolute Gasteiger partial charge is 0.476 e. The van der Waals surface area contributed by atoms with E-state index < -0.39 is 5.97 Å². The summed E-state index contributed by atoms with van der Waals surface area (Å²) in [7, 11) is 0. The van der Waals surface area contributed by atoms with Crippen molar-refractivity contribution in [1.82, 2.24) is 20.3 Å². The topological polar surface area (TPSA) is 97.1 Å². The molecule has 0 atom stereocenters. The van der Waals surface area contributed by atoms with E-state index in [2.05, 4.69) is 22.6 Å². The predicted octanol–water partition coefficient (Wildman–Crippen LogP) is 0.673. The Morgan fingerprint density at radius 3 is 2.79 bits per heavy atom. The summed E-state index contributed by atoms with van der Waals surface area (Å²) in [5.74, 6) is -1.31. The molecule has 0 bridgehead atoms. The summed E-state index contributed by atoms with van der Waals surface area (Å²) in [4.78, 5) is 22.3. The fraction of sp³-hybridized carbons (Fsp3) is 0.667. The number of aromatic carboxylic acids is 1. The molecular formula is C12H18N4O3. The Morgan fingerprint density at radius 2 is 2.26 bits per heavy atom. The highest BCUT2D eigenvalue weighted by Gasteiger charge is 2.41. The van der Waals surface area contributed by atoms with Crippen LogP contribution in [0.4, 0.5) is 0 Å². The fourth-order valence-corrected chi connectivity index (χ4v) is 2.19. The van der Waals surface area contributed by atoms with Gasteiger partial charge in [-0.05, 0) is 24.7 Å². The highest BCUT2D eigenvalue weighted by atomic mass is 16.4. The maximum absolute atomic E-state index is 11.7. The average molecular weight is 266 g/mol. The van der Waals surface area contributed by atoms with E-state index in [9.17, 15) is 9.59 Å². The van der Waals surface area contributed by atoms with Gasteiger partial charge in [0.1, 0.15) is 6.54 Å². The van der Waals surface area contributed by atoms with Gasteiger partial charge in [0.2, 0.25) is 5.91 Å². The summed E-state index contributed by atoms with van der Waals surface area (Å²) in [6.07, 6.45) is 5.86. The zero-order chi connectivity index (χ0) is 13.9. The molecule has 1 aromatic heterocycles. The van der Waals surface area contributed by atoms with Crippen LogP contribution < -0.4 is 5.32 Å². The SMILES string of the molecule is CCCC1(CNC(=O)Cn2cc(C(=O)O)nn2)CC1. The molecule has 2 rings (SSSR count). The van der Waals surface area contributed by atoms with Gasteiger partial charge in [0, 0.05) is 6.54 Å². The van der Waals surface area contributed by atoms with Gasteiger partial charge < -0.3 is 10.4 Å². The van der Waals surface area contributed by atoms with E-state index >= 15 is 0 Å². The molecule has 1 aliphatic rings. The Labute approximate surface area is 111 Å². The summed E-state index contributed by atoms with van der Waals surface area (Å²) < 4.78 is 1.23. The second-order valence-corrected chi connectivity index (χ2v) is 5.13. The van der Waals surface area contributed by atoms with Crippen molar-refractivity contribution in [3.63, 3.8) is 0 Å². The first-order chi connectivity index (χ1) is 9.04. The lowest BCUT2D eigenvalue weighted by Gasteiger charge is -2.14. The number of nitrogens with zero attached hydrogens (tertiary/aromatic N) is 3. The predicted molar refractivity (Wildman–Crippen MR) is 66.6 cm³/mol. The van der Waals surface area contributed by atoms with Gasteiger partial charge in [-0.1, -0.05) is 18.6 Å². The van der Waals surface area contributed by atoms with Crippen LogP contribution in [0.2, 0.25) is 0 Å². The number of hydrogen-bond donors (Lipinski definition) is 2. The lowest BCUT2D eigenvalue weighted by Crippen LogP contribution is -2.33. The molecule has 0 aromatic carbocycles. The van der Waals surface area contributed by atoms with Gasteiger partial charge in [-0.25, -0.2) is 9.48 Å². The van der Waals surface area contributed by atoms with Crippen molar-refractivity contribution >= 4 is 11.9 Å². The van der Waals surface area contributed by atoms with Crippen molar-refractivity contribution in [3.05, 3.63) is 11.9 Å². The van der Waals surface area contributed by atoms with Crippen molar-refractivity contribution in [2.75, 3.05) is 6.54 Å². The van der Waals surface area contributed by atoms with Gasteiger partial charge in [-0.3, -0.25) is 4.79 Å². The van der Waals surface area contributed by atoms with Crippen LogP contribution in [-0.2, 0) is 11.3 Å². The van der Waals surface area contributed by atoms with Gasteiger partial charge in [0.15, 0.2) is 5.69 Å². The zero-order valence-electron chi connectivity index (χ0n) is 10.9. The standard InChI is InChI=1S/C12H18N4O3/c1-2-3-12(4-5-12)8-13-10(17)7-16-6-9(11(18)19)14-15-16/h6H,2-5,7-8H2,1H3,(H,13,17)(H,18,19). The Kier molecular flexibility index (Phi) is 3.82. The van der Waals surface area contributed by atoms with E-state index in [1.807, 2.05) is 0 Å². The van der Waals surface area contributed by atoms with Crippen LogP contribution in [0.15, 0.2) is 6.20 Å². The van der Waals surface area contributed by atoms with E-state index in [0.717, 1.165) is 12.8 Å². The summed E-state index contributed by atoms with van der Waals surface area (Å²) in [5, 5.41) is 18.6. The highest BCUT2D eigenvalue weighted by molar-refractivity contribution is 5.84. The Bertz CT molecular complexity index is 479. The first kappa shape index (κ1) is 13.5. The van der Waals surface area contributed by atoms with E-state index in [0.29, 0.717) is 12.0 Å². The zero-order valence-corrected chi connectivity index (χ0v) is 10.9. The molecule has 7 nitrogen and oxygen atoms in total. The number of amides is 1. The van der Waals surface area contributed by atoms with Crippen LogP contribution in [0.3, 0.4) is 0 Å². The van der Waals surface area contributed by atoms with Gasteiger partial charge in [0.25, 0.3) is 0 Å². The molecule has 1 heterocycles. The van der Waals surface area contributed by atoms with Gasteiger partial charge >= 0.3 is 5.97 Å². The fourth-order valence-electron chi connectivity index (χ4n) is 2.19. The molecule has 0 saturated heterocycles. The van der Waals surface area contributed by atoms with Gasteiger partial charge in [-0.2, -0.15) is 0 Å². The third kappa shape index (κ3) is 3.52. The summed E-state index contributed by atoms with van der Waals surface area (Å²) in [6, 6.07) is 0. The number of aromatic nitrogens is 3. The molecule has 2 N–H and O–H groups in total.